The Morgan fingerprint density at radius 2 is 1.86 bits per heavy atom. The van der Waals surface area contributed by atoms with E-state index in [2.05, 4.69) is 4.72 Å². The Bertz CT molecular complexity index is 748. The number of hydrogen-bond acceptors (Lipinski definition) is 3. The molecule has 2 rings (SSSR count). The van der Waals surface area contributed by atoms with Gasteiger partial charge in [0, 0.05) is 11.6 Å². The molecule has 0 amide bonds. The third kappa shape index (κ3) is 4.43. The average Bonchev–Trinajstić information content (AvgIpc) is 2.46. The third-order valence-corrected chi connectivity index (χ3v) is 4.62. The Morgan fingerprint density at radius 1 is 1.18 bits per heavy atom. The second kappa shape index (κ2) is 7.09. The van der Waals surface area contributed by atoms with E-state index < -0.39 is 15.8 Å². The number of rotatable bonds is 6. The number of sulfonamides is 1. The van der Waals surface area contributed by atoms with Gasteiger partial charge in [-0.15, -0.1) is 0 Å². The highest BCUT2D eigenvalue weighted by Crippen LogP contribution is 2.21. The molecule has 22 heavy (non-hydrogen) atoms. The Hall–Kier alpha value is -1.63. The fourth-order valence-electron chi connectivity index (χ4n) is 1.81. The summed E-state index contributed by atoms with van der Waals surface area (Å²) in [5.74, 6) is 0.158. The van der Waals surface area contributed by atoms with E-state index in [4.69, 9.17) is 16.3 Å². The molecule has 118 valence electrons. The van der Waals surface area contributed by atoms with Crippen LogP contribution in [-0.4, -0.2) is 21.6 Å². The standard InChI is InChI=1S/C15H15ClFNO3S/c1-11-10-12(16)2-7-15(11)21-9-8-18-22(19,20)14-5-3-13(17)4-6-14/h2-7,10,18H,8-9H2,1H3. The lowest BCUT2D eigenvalue weighted by atomic mass is 10.2. The fraction of sp³-hybridized carbons (Fsp3) is 0.200. The molecule has 0 saturated heterocycles. The molecule has 7 heteroatoms. The summed E-state index contributed by atoms with van der Waals surface area (Å²) in [4.78, 5) is 0.0107. The van der Waals surface area contributed by atoms with Gasteiger partial charge in [-0.05, 0) is 55.0 Å². The first-order chi connectivity index (χ1) is 10.4. The van der Waals surface area contributed by atoms with Crippen LogP contribution in [0.5, 0.6) is 5.75 Å². The number of halogens is 2. The van der Waals surface area contributed by atoms with Crippen LogP contribution in [0.3, 0.4) is 0 Å². The predicted octanol–water partition coefficient (Wildman–Crippen LogP) is 3.14. The van der Waals surface area contributed by atoms with E-state index in [0.717, 1.165) is 17.7 Å². The summed E-state index contributed by atoms with van der Waals surface area (Å²) in [6.07, 6.45) is 0. The van der Waals surface area contributed by atoms with Gasteiger partial charge in [0.25, 0.3) is 0 Å². The molecule has 2 aromatic rings. The van der Waals surface area contributed by atoms with E-state index in [0.29, 0.717) is 10.8 Å². The summed E-state index contributed by atoms with van der Waals surface area (Å²) in [5.41, 5.74) is 0.869. The molecular formula is C15H15ClFNO3S. The molecule has 0 aliphatic rings. The van der Waals surface area contributed by atoms with E-state index in [1.807, 2.05) is 6.92 Å². The number of nitrogens with one attached hydrogen (secondary N) is 1. The van der Waals surface area contributed by atoms with Gasteiger partial charge in [0.05, 0.1) is 4.90 Å². The second-order valence-corrected chi connectivity index (χ2v) is 6.81. The molecular weight excluding hydrogens is 329 g/mol. The molecule has 0 fully saturated rings. The first kappa shape index (κ1) is 16.7. The monoisotopic (exact) mass is 343 g/mol. The van der Waals surface area contributed by atoms with Gasteiger partial charge >= 0.3 is 0 Å². The van der Waals surface area contributed by atoms with Gasteiger partial charge in [-0.2, -0.15) is 0 Å². The van der Waals surface area contributed by atoms with Crippen molar-refractivity contribution in [3.05, 3.63) is 58.9 Å². The van der Waals surface area contributed by atoms with Crippen molar-refractivity contribution in [3.63, 3.8) is 0 Å². The molecule has 0 aliphatic carbocycles. The molecule has 0 saturated carbocycles. The van der Waals surface area contributed by atoms with Crippen LogP contribution in [0.4, 0.5) is 4.39 Å². The summed E-state index contributed by atoms with van der Waals surface area (Å²) in [6.45, 7) is 2.12. The topological polar surface area (TPSA) is 55.4 Å². The smallest absolute Gasteiger partial charge is 0.240 e. The minimum absolute atomic E-state index is 0.0107. The lowest BCUT2D eigenvalue weighted by molar-refractivity contribution is 0.320. The highest BCUT2D eigenvalue weighted by atomic mass is 35.5. The average molecular weight is 344 g/mol. The molecule has 0 spiro atoms. The highest BCUT2D eigenvalue weighted by molar-refractivity contribution is 7.89. The van der Waals surface area contributed by atoms with Crippen molar-refractivity contribution in [2.24, 2.45) is 0 Å². The van der Waals surface area contributed by atoms with Gasteiger partial charge in [-0.1, -0.05) is 11.6 Å². The zero-order chi connectivity index (χ0) is 16.2. The quantitative estimate of drug-likeness (QED) is 0.820. The lowest BCUT2D eigenvalue weighted by Gasteiger charge is -2.10. The van der Waals surface area contributed by atoms with Crippen LogP contribution in [-0.2, 0) is 10.0 Å². The van der Waals surface area contributed by atoms with Crippen molar-refractivity contribution in [2.75, 3.05) is 13.2 Å². The first-order valence-electron chi connectivity index (χ1n) is 6.53. The number of aryl methyl sites for hydroxylation is 1. The zero-order valence-corrected chi connectivity index (χ0v) is 13.4. The normalized spacial score (nSPS) is 11.4. The van der Waals surface area contributed by atoms with Crippen molar-refractivity contribution in [1.29, 1.82) is 0 Å². The number of benzene rings is 2. The maximum atomic E-state index is 12.8. The van der Waals surface area contributed by atoms with E-state index >= 15 is 0 Å². The third-order valence-electron chi connectivity index (χ3n) is 2.91. The van der Waals surface area contributed by atoms with Gasteiger partial charge in [-0.3, -0.25) is 0 Å². The number of ether oxygens (including phenoxy) is 1. The van der Waals surface area contributed by atoms with Crippen LogP contribution in [0.25, 0.3) is 0 Å². The molecule has 0 radical (unpaired) electrons. The molecule has 0 atom stereocenters. The second-order valence-electron chi connectivity index (χ2n) is 4.61. The molecule has 0 heterocycles. The van der Waals surface area contributed by atoms with Gasteiger partial charge in [0.1, 0.15) is 18.2 Å². The van der Waals surface area contributed by atoms with E-state index in [9.17, 15) is 12.8 Å². The molecule has 0 aliphatic heterocycles. The molecule has 0 unspecified atom stereocenters. The molecule has 4 nitrogen and oxygen atoms in total. The van der Waals surface area contributed by atoms with Crippen molar-refractivity contribution in [3.8, 4) is 5.75 Å². The Labute approximate surface area is 133 Å². The van der Waals surface area contributed by atoms with Crippen LogP contribution in [0.1, 0.15) is 5.56 Å². The van der Waals surface area contributed by atoms with Gasteiger partial charge < -0.3 is 4.74 Å². The minimum atomic E-state index is -3.67. The van der Waals surface area contributed by atoms with Crippen LogP contribution in [0.15, 0.2) is 47.4 Å². The van der Waals surface area contributed by atoms with E-state index in [1.54, 1.807) is 18.2 Å². The zero-order valence-electron chi connectivity index (χ0n) is 11.8. The highest BCUT2D eigenvalue weighted by Gasteiger charge is 2.13. The SMILES string of the molecule is Cc1cc(Cl)ccc1OCCNS(=O)(=O)c1ccc(F)cc1. The molecule has 2 aromatic carbocycles. The first-order valence-corrected chi connectivity index (χ1v) is 8.39. The fourth-order valence-corrected chi connectivity index (χ4v) is 3.05. The molecule has 0 bridgehead atoms. The summed E-state index contributed by atoms with van der Waals surface area (Å²) < 4.78 is 44.6. The van der Waals surface area contributed by atoms with Gasteiger partial charge in [0.2, 0.25) is 10.0 Å². The van der Waals surface area contributed by atoms with Crippen LogP contribution >= 0.6 is 11.6 Å². The van der Waals surface area contributed by atoms with Crippen LogP contribution in [0, 0.1) is 12.7 Å². The molecule has 0 aromatic heterocycles. The largest absolute Gasteiger partial charge is 0.492 e. The van der Waals surface area contributed by atoms with Crippen molar-refractivity contribution in [1.82, 2.24) is 4.72 Å². The summed E-state index contributed by atoms with van der Waals surface area (Å²) in [6, 6.07) is 9.81. The summed E-state index contributed by atoms with van der Waals surface area (Å²) >= 11 is 5.84. The summed E-state index contributed by atoms with van der Waals surface area (Å²) in [7, 11) is -3.67. The minimum Gasteiger partial charge on any atom is -0.492 e. The maximum Gasteiger partial charge on any atom is 0.240 e. The number of hydrogen-bond donors (Lipinski definition) is 1. The predicted molar refractivity (Wildman–Crippen MR) is 83.3 cm³/mol. The van der Waals surface area contributed by atoms with Crippen molar-refractivity contribution < 1.29 is 17.5 Å². The Morgan fingerprint density at radius 3 is 2.50 bits per heavy atom. The summed E-state index contributed by atoms with van der Waals surface area (Å²) in [5, 5.41) is 0.613. The van der Waals surface area contributed by atoms with Crippen LogP contribution in [0.2, 0.25) is 5.02 Å². The Balaban J connectivity index is 1.89. The van der Waals surface area contributed by atoms with E-state index in [1.165, 1.54) is 12.1 Å². The Kier molecular flexibility index (Phi) is 5.39. The molecule has 1 N–H and O–H groups in total. The van der Waals surface area contributed by atoms with Crippen LogP contribution < -0.4 is 9.46 Å². The van der Waals surface area contributed by atoms with Gasteiger partial charge in [0.15, 0.2) is 0 Å². The maximum absolute atomic E-state index is 12.8. The lowest BCUT2D eigenvalue weighted by Crippen LogP contribution is -2.28. The van der Waals surface area contributed by atoms with Gasteiger partial charge in [-0.25, -0.2) is 17.5 Å². The van der Waals surface area contributed by atoms with E-state index in [-0.39, 0.29) is 18.0 Å². The van der Waals surface area contributed by atoms with Crippen molar-refractivity contribution in [2.45, 2.75) is 11.8 Å². The van der Waals surface area contributed by atoms with Crippen molar-refractivity contribution >= 4 is 21.6 Å².